The quantitative estimate of drug-likeness (QED) is 0.633. The number of nitrogens with zero attached hydrogens (tertiary/aromatic N) is 1. The monoisotopic (exact) mass is 350 g/mol. The molecule has 1 N–H and O–H groups in total. The third kappa shape index (κ3) is 4.09. The van der Waals surface area contributed by atoms with Crippen molar-refractivity contribution in [3.8, 4) is 0 Å². The van der Waals surface area contributed by atoms with Crippen LogP contribution >= 0.6 is 0 Å². The number of nitrogens with one attached hydrogen (secondary N) is 1. The van der Waals surface area contributed by atoms with Gasteiger partial charge in [0.25, 0.3) is 5.69 Å². The number of ether oxygens (including phenoxy) is 1. The Morgan fingerprint density at radius 1 is 1.21 bits per heavy atom. The fraction of sp³-hybridized carbons (Fsp3) is 0.250. The van der Waals surface area contributed by atoms with Crippen molar-refractivity contribution in [2.45, 2.75) is 17.9 Å². The van der Waals surface area contributed by atoms with E-state index in [2.05, 4.69) is 5.32 Å². The Morgan fingerprint density at radius 2 is 1.92 bits per heavy atom. The average molecular weight is 350 g/mol. The van der Waals surface area contributed by atoms with E-state index in [9.17, 15) is 18.5 Å². The molecule has 7 nitrogen and oxygen atoms in total. The van der Waals surface area contributed by atoms with Crippen LogP contribution < -0.4 is 5.32 Å². The number of hydrogen-bond donors (Lipinski definition) is 1. The maximum Gasteiger partial charge on any atom is 0.270 e. The molecular weight excluding hydrogens is 332 g/mol. The first-order chi connectivity index (χ1) is 11.2. The van der Waals surface area contributed by atoms with Gasteiger partial charge in [0.2, 0.25) is 0 Å². The van der Waals surface area contributed by atoms with Crippen molar-refractivity contribution in [2.24, 2.45) is 0 Å². The molecule has 1 unspecified atom stereocenters. The molecule has 2 aromatic rings. The third-order valence-electron chi connectivity index (χ3n) is 3.56. The van der Waals surface area contributed by atoms with E-state index in [4.69, 9.17) is 4.74 Å². The summed E-state index contributed by atoms with van der Waals surface area (Å²) in [5.41, 5.74) is 1.59. The van der Waals surface area contributed by atoms with Gasteiger partial charge in [-0.25, -0.2) is 8.42 Å². The Morgan fingerprint density at radius 3 is 2.50 bits per heavy atom. The van der Waals surface area contributed by atoms with Gasteiger partial charge in [-0.15, -0.1) is 0 Å². The van der Waals surface area contributed by atoms with Crippen LogP contribution in [0.5, 0.6) is 0 Å². The number of nitro benzene ring substituents is 1. The lowest BCUT2D eigenvalue weighted by Gasteiger charge is -2.14. The standard InChI is InChI=1S/C16H18N2O5S/c1-11(23-2)12-5-4-6-13(9-12)17-15-8-7-14(18(19)20)10-16(15)24(3,21)22/h4-11,17H,1-3H3. The summed E-state index contributed by atoms with van der Waals surface area (Å²) in [6.07, 6.45) is 0.902. The summed E-state index contributed by atoms with van der Waals surface area (Å²) in [5.74, 6) is 0. The fourth-order valence-electron chi connectivity index (χ4n) is 2.20. The lowest BCUT2D eigenvalue weighted by molar-refractivity contribution is -0.385. The molecule has 0 aliphatic heterocycles. The maximum absolute atomic E-state index is 12.0. The zero-order valence-corrected chi connectivity index (χ0v) is 14.3. The van der Waals surface area contributed by atoms with Crippen molar-refractivity contribution < 1.29 is 18.1 Å². The summed E-state index contributed by atoms with van der Waals surface area (Å²) < 4.78 is 29.2. The molecule has 0 heterocycles. The highest BCUT2D eigenvalue weighted by Gasteiger charge is 2.18. The van der Waals surface area contributed by atoms with Gasteiger partial charge in [-0.1, -0.05) is 12.1 Å². The van der Waals surface area contributed by atoms with E-state index in [1.807, 2.05) is 25.1 Å². The maximum atomic E-state index is 12.0. The van der Waals surface area contributed by atoms with E-state index in [0.717, 1.165) is 17.9 Å². The SMILES string of the molecule is COC(C)c1cccc(Nc2ccc([N+](=O)[O-])cc2S(C)(=O)=O)c1. The highest BCUT2D eigenvalue weighted by atomic mass is 32.2. The summed E-state index contributed by atoms with van der Waals surface area (Å²) in [6, 6.07) is 11.0. The summed E-state index contributed by atoms with van der Waals surface area (Å²) in [4.78, 5) is 10.1. The van der Waals surface area contributed by atoms with Crippen LogP contribution in [0.15, 0.2) is 47.4 Å². The second kappa shape index (κ2) is 6.98. The van der Waals surface area contributed by atoms with Crippen LogP contribution in [0.1, 0.15) is 18.6 Å². The van der Waals surface area contributed by atoms with Crippen LogP contribution in [0.2, 0.25) is 0 Å². The zero-order valence-electron chi connectivity index (χ0n) is 13.5. The third-order valence-corrected chi connectivity index (χ3v) is 4.70. The Labute approximate surface area is 140 Å². The molecule has 0 spiro atoms. The molecule has 1 atom stereocenters. The Hall–Kier alpha value is -2.45. The Bertz CT molecular complexity index is 865. The molecule has 2 rings (SSSR count). The van der Waals surface area contributed by atoms with Crippen molar-refractivity contribution in [1.29, 1.82) is 0 Å². The van der Waals surface area contributed by atoms with Gasteiger partial charge in [0.15, 0.2) is 9.84 Å². The molecule has 0 amide bonds. The molecule has 0 saturated carbocycles. The summed E-state index contributed by atoms with van der Waals surface area (Å²) in [6.45, 7) is 1.90. The van der Waals surface area contributed by atoms with Gasteiger partial charge in [-0.2, -0.15) is 0 Å². The van der Waals surface area contributed by atoms with E-state index in [-0.39, 0.29) is 22.4 Å². The van der Waals surface area contributed by atoms with Gasteiger partial charge < -0.3 is 10.1 Å². The van der Waals surface area contributed by atoms with Gasteiger partial charge >= 0.3 is 0 Å². The largest absolute Gasteiger partial charge is 0.377 e. The number of benzene rings is 2. The molecule has 128 valence electrons. The number of rotatable bonds is 6. The van der Waals surface area contributed by atoms with Crippen LogP contribution in [0.4, 0.5) is 17.1 Å². The van der Waals surface area contributed by atoms with Crippen LogP contribution in [0, 0.1) is 10.1 Å². The van der Waals surface area contributed by atoms with Gasteiger partial charge in [-0.3, -0.25) is 10.1 Å². The molecule has 24 heavy (non-hydrogen) atoms. The predicted molar refractivity (Wildman–Crippen MR) is 91.4 cm³/mol. The highest BCUT2D eigenvalue weighted by molar-refractivity contribution is 7.90. The molecule has 8 heteroatoms. The fourth-order valence-corrected chi connectivity index (χ4v) is 3.05. The number of hydrogen-bond acceptors (Lipinski definition) is 6. The molecule has 0 radical (unpaired) electrons. The average Bonchev–Trinajstić information content (AvgIpc) is 2.53. The van der Waals surface area contributed by atoms with Crippen LogP contribution in [-0.2, 0) is 14.6 Å². The lowest BCUT2D eigenvalue weighted by Crippen LogP contribution is -2.04. The number of anilines is 2. The molecule has 0 saturated heterocycles. The molecule has 0 bridgehead atoms. The van der Waals surface area contributed by atoms with E-state index >= 15 is 0 Å². The molecule has 0 aliphatic carbocycles. The Balaban J connectivity index is 2.45. The number of nitro groups is 1. The molecular formula is C16H18N2O5S. The van der Waals surface area contributed by atoms with Crippen LogP contribution in [0.25, 0.3) is 0 Å². The predicted octanol–water partition coefficient (Wildman–Crippen LogP) is 3.45. The Kier molecular flexibility index (Phi) is 5.20. The molecule has 0 aliphatic rings. The van der Waals surface area contributed by atoms with E-state index < -0.39 is 14.8 Å². The minimum Gasteiger partial charge on any atom is -0.377 e. The van der Waals surface area contributed by atoms with Gasteiger partial charge in [0, 0.05) is 31.2 Å². The van der Waals surface area contributed by atoms with E-state index in [0.29, 0.717) is 5.69 Å². The normalized spacial score (nSPS) is 12.6. The van der Waals surface area contributed by atoms with Crippen molar-refractivity contribution in [2.75, 3.05) is 18.7 Å². The number of sulfone groups is 1. The first-order valence-corrected chi connectivity index (χ1v) is 9.00. The minimum absolute atomic E-state index is 0.113. The molecule has 0 aromatic heterocycles. The van der Waals surface area contributed by atoms with Crippen LogP contribution in [-0.4, -0.2) is 26.7 Å². The summed E-state index contributed by atoms with van der Waals surface area (Å²) in [5, 5.41) is 13.9. The van der Waals surface area contributed by atoms with Crippen molar-refractivity contribution in [3.63, 3.8) is 0 Å². The van der Waals surface area contributed by atoms with Gasteiger partial charge in [-0.05, 0) is 30.7 Å². The minimum atomic E-state index is -3.63. The summed E-state index contributed by atoms with van der Waals surface area (Å²) >= 11 is 0. The van der Waals surface area contributed by atoms with E-state index in [1.54, 1.807) is 13.2 Å². The topological polar surface area (TPSA) is 98.5 Å². The number of non-ortho nitro benzene ring substituents is 1. The summed E-state index contributed by atoms with van der Waals surface area (Å²) in [7, 11) is -2.03. The highest BCUT2D eigenvalue weighted by Crippen LogP contribution is 2.30. The van der Waals surface area contributed by atoms with Gasteiger partial charge in [0.05, 0.1) is 21.6 Å². The second-order valence-corrected chi connectivity index (χ2v) is 7.32. The zero-order chi connectivity index (χ0) is 17.9. The first kappa shape index (κ1) is 17.9. The van der Waals surface area contributed by atoms with Crippen molar-refractivity contribution >= 4 is 26.9 Å². The van der Waals surface area contributed by atoms with Crippen LogP contribution in [0.3, 0.4) is 0 Å². The molecule has 2 aromatic carbocycles. The second-order valence-electron chi connectivity index (χ2n) is 5.34. The first-order valence-electron chi connectivity index (χ1n) is 7.10. The van der Waals surface area contributed by atoms with Gasteiger partial charge in [0.1, 0.15) is 0 Å². The molecule has 0 fully saturated rings. The smallest absolute Gasteiger partial charge is 0.270 e. The van der Waals surface area contributed by atoms with E-state index in [1.165, 1.54) is 12.1 Å². The van der Waals surface area contributed by atoms with Crippen molar-refractivity contribution in [1.82, 2.24) is 0 Å². The van der Waals surface area contributed by atoms with Crippen molar-refractivity contribution in [3.05, 3.63) is 58.1 Å². The lowest BCUT2D eigenvalue weighted by atomic mass is 10.1. The number of methoxy groups -OCH3 is 1.